The number of benzene rings is 5. The van der Waals surface area contributed by atoms with Crippen LogP contribution in [-0.4, -0.2) is 9.97 Å². The van der Waals surface area contributed by atoms with Gasteiger partial charge in [-0.2, -0.15) is 0 Å². The van der Waals surface area contributed by atoms with E-state index in [0.717, 1.165) is 55.4 Å². The third-order valence-electron chi connectivity index (χ3n) is 10.0. The zero-order valence-corrected chi connectivity index (χ0v) is 29.0. The van der Waals surface area contributed by atoms with Gasteiger partial charge < -0.3 is 4.42 Å². The smallest absolute Gasteiger partial charge is 0.161 e. The van der Waals surface area contributed by atoms with Crippen molar-refractivity contribution in [3.8, 4) is 33.5 Å². The lowest BCUT2D eigenvalue weighted by Gasteiger charge is -2.22. The lowest BCUT2D eigenvalue weighted by Crippen LogP contribution is -2.12. The maximum Gasteiger partial charge on any atom is 0.161 e. The summed E-state index contributed by atoms with van der Waals surface area (Å²) in [5.74, 6) is 0. The standard InChI is InChI=1S/C45H40N2O/c1-25-18-33-21-32(41-26(2)19-34(20-27(41)3)45(6,7)8)15-14-31(33)22-38(25)39-23-40(46-24-28(39)4)37-11-9-10-35-36-17-16-30-13-12-29(5)47-42(30)44(36)48-43(35)37/h9-24H,1-8H3. The lowest BCUT2D eigenvalue weighted by molar-refractivity contribution is 0.589. The van der Waals surface area contributed by atoms with Crippen molar-refractivity contribution in [3.63, 3.8) is 0 Å². The van der Waals surface area contributed by atoms with E-state index >= 15 is 0 Å². The average molecular weight is 625 g/mol. The first kappa shape index (κ1) is 30.1. The monoisotopic (exact) mass is 624 g/mol. The Morgan fingerprint density at radius 1 is 0.562 bits per heavy atom. The van der Waals surface area contributed by atoms with Gasteiger partial charge >= 0.3 is 0 Å². The van der Waals surface area contributed by atoms with Gasteiger partial charge in [0.1, 0.15) is 11.1 Å². The summed E-state index contributed by atoms with van der Waals surface area (Å²) in [6.07, 6.45) is 1.99. The molecule has 48 heavy (non-hydrogen) atoms. The Kier molecular flexibility index (Phi) is 6.82. The summed E-state index contributed by atoms with van der Waals surface area (Å²) in [5.41, 5.74) is 17.0. The third kappa shape index (κ3) is 4.88. The SMILES string of the molecule is Cc1ccc2ccc3c4cccc(-c5cc(-c6cc7ccc(-c8c(C)cc(C(C)(C)C)cc8C)cc7cc6C)c(C)cn5)c4oc3c2n1. The zero-order valence-electron chi connectivity index (χ0n) is 29.0. The van der Waals surface area contributed by atoms with Gasteiger partial charge in [0.05, 0.1) is 5.69 Å². The summed E-state index contributed by atoms with van der Waals surface area (Å²) < 4.78 is 6.65. The van der Waals surface area contributed by atoms with Gasteiger partial charge in [-0.3, -0.25) is 4.98 Å². The summed E-state index contributed by atoms with van der Waals surface area (Å²) in [6, 6.07) is 33.3. The highest BCUT2D eigenvalue weighted by Crippen LogP contribution is 2.40. The van der Waals surface area contributed by atoms with E-state index in [1.165, 1.54) is 55.3 Å². The molecule has 8 rings (SSSR count). The van der Waals surface area contributed by atoms with E-state index in [1.54, 1.807) is 0 Å². The molecule has 0 aliphatic heterocycles. The summed E-state index contributed by atoms with van der Waals surface area (Å²) in [4.78, 5) is 9.77. The molecule has 8 aromatic rings. The number of rotatable bonds is 3. The number of para-hydroxylation sites is 1. The minimum atomic E-state index is 0.125. The van der Waals surface area contributed by atoms with Gasteiger partial charge in [0, 0.05) is 33.6 Å². The first-order valence-electron chi connectivity index (χ1n) is 16.8. The summed E-state index contributed by atoms with van der Waals surface area (Å²) in [6.45, 7) is 17.7. The van der Waals surface area contributed by atoms with E-state index in [0.29, 0.717) is 0 Å². The van der Waals surface area contributed by atoms with Crippen LogP contribution in [0.15, 0.2) is 102 Å². The van der Waals surface area contributed by atoms with Gasteiger partial charge in [0.2, 0.25) is 0 Å². The van der Waals surface area contributed by atoms with E-state index in [-0.39, 0.29) is 5.41 Å². The molecule has 5 aromatic carbocycles. The van der Waals surface area contributed by atoms with Gasteiger partial charge in [0.15, 0.2) is 5.58 Å². The molecule has 3 heteroatoms. The molecule has 0 aliphatic rings. The molecule has 0 saturated heterocycles. The Hall–Kier alpha value is -5.28. The van der Waals surface area contributed by atoms with Gasteiger partial charge in [-0.1, -0.05) is 75.4 Å². The molecule has 236 valence electrons. The van der Waals surface area contributed by atoms with Crippen LogP contribution in [0, 0.1) is 34.6 Å². The fourth-order valence-corrected chi connectivity index (χ4v) is 7.41. The molecule has 3 nitrogen and oxygen atoms in total. The van der Waals surface area contributed by atoms with E-state index in [9.17, 15) is 0 Å². The molecule has 0 amide bonds. The molecule has 0 saturated carbocycles. The van der Waals surface area contributed by atoms with Crippen molar-refractivity contribution in [1.82, 2.24) is 9.97 Å². The molecular formula is C45H40N2O. The molecule has 0 N–H and O–H groups in total. The molecule has 0 unspecified atom stereocenters. The van der Waals surface area contributed by atoms with Crippen molar-refractivity contribution in [2.24, 2.45) is 0 Å². The molecule has 0 bridgehead atoms. The van der Waals surface area contributed by atoms with Crippen molar-refractivity contribution in [2.75, 3.05) is 0 Å². The summed E-state index contributed by atoms with van der Waals surface area (Å²) in [7, 11) is 0. The first-order chi connectivity index (χ1) is 23.0. The maximum atomic E-state index is 6.65. The second kappa shape index (κ2) is 10.9. The van der Waals surface area contributed by atoms with Crippen LogP contribution in [0.25, 0.3) is 77.1 Å². The fourth-order valence-electron chi connectivity index (χ4n) is 7.41. The van der Waals surface area contributed by atoms with Crippen LogP contribution in [0.3, 0.4) is 0 Å². The zero-order chi connectivity index (χ0) is 33.5. The Labute approximate surface area is 282 Å². The van der Waals surface area contributed by atoms with Gasteiger partial charge in [-0.05, 0) is 137 Å². The number of hydrogen-bond donors (Lipinski definition) is 0. The summed E-state index contributed by atoms with van der Waals surface area (Å²) >= 11 is 0. The Balaban J connectivity index is 1.23. The van der Waals surface area contributed by atoms with Gasteiger partial charge in [0.25, 0.3) is 0 Å². The van der Waals surface area contributed by atoms with Crippen LogP contribution >= 0.6 is 0 Å². The largest absolute Gasteiger partial charge is 0.453 e. The minimum Gasteiger partial charge on any atom is -0.453 e. The predicted octanol–water partition coefficient (Wildman–Crippen LogP) is 12.5. The highest BCUT2D eigenvalue weighted by Gasteiger charge is 2.19. The molecule has 0 atom stereocenters. The molecule has 0 spiro atoms. The van der Waals surface area contributed by atoms with E-state index < -0.39 is 0 Å². The number of furan rings is 1. The maximum absolute atomic E-state index is 6.65. The topological polar surface area (TPSA) is 38.9 Å². The second-order valence-corrected chi connectivity index (χ2v) is 14.6. The van der Waals surface area contributed by atoms with Crippen LogP contribution in [0.5, 0.6) is 0 Å². The van der Waals surface area contributed by atoms with E-state index in [1.807, 2.05) is 19.2 Å². The first-order valence-corrected chi connectivity index (χ1v) is 16.8. The van der Waals surface area contributed by atoms with Crippen LogP contribution in [0.4, 0.5) is 0 Å². The quantitative estimate of drug-likeness (QED) is 0.196. The number of aromatic nitrogens is 2. The van der Waals surface area contributed by atoms with Crippen LogP contribution < -0.4 is 0 Å². The number of aryl methyl sites for hydroxylation is 5. The van der Waals surface area contributed by atoms with E-state index in [4.69, 9.17) is 14.4 Å². The highest BCUT2D eigenvalue weighted by molar-refractivity contribution is 6.16. The number of pyridine rings is 2. The fraction of sp³-hybridized carbons (Fsp3) is 0.200. The molecule has 0 fully saturated rings. The molecular weight excluding hydrogens is 585 g/mol. The summed E-state index contributed by atoms with van der Waals surface area (Å²) in [5, 5.41) is 5.71. The van der Waals surface area contributed by atoms with Crippen LogP contribution in [-0.2, 0) is 5.41 Å². The molecule has 3 aromatic heterocycles. The second-order valence-electron chi connectivity index (χ2n) is 14.6. The van der Waals surface area contributed by atoms with Gasteiger partial charge in [-0.15, -0.1) is 0 Å². The number of fused-ring (bicyclic) bond motifs is 6. The van der Waals surface area contributed by atoms with Crippen molar-refractivity contribution in [1.29, 1.82) is 0 Å². The predicted molar refractivity (Wildman–Crippen MR) is 203 cm³/mol. The number of nitrogens with zero attached hydrogens (tertiary/aromatic N) is 2. The highest BCUT2D eigenvalue weighted by atomic mass is 16.3. The third-order valence-corrected chi connectivity index (χ3v) is 10.0. The molecule has 0 aliphatic carbocycles. The molecule has 0 radical (unpaired) electrons. The Morgan fingerprint density at radius 2 is 1.27 bits per heavy atom. The average Bonchev–Trinajstić information content (AvgIpc) is 3.44. The Morgan fingerprint density at radius 3 is 2.04 bits per heavy atom. The van der Waals surface area contributed by atoms with E-state index in [2.05, 4.69) is 133 Å². The van der Waals surface area contributed by atoms with Crippen molar-refractivity contribution in [3.05, 3.63) is 131 Å². The Bertz CT molecular complexity index is 2570. The molecule has 3 heterocycles. The minimum absolute atomic E-state index is 0.125. The van der Waals surface area contributed by atoms with Crippen molar-refractivity contribution in [2.45, 2.75) is 60.8 Å². The van der Waals surface area contributed by atoms with Crippen LogP contribution in [0.2, 0.25) is 0 Å². The van der Waals surface area contributed by atoms with Crippen molar-refractivity contribution < 1.29 is 4.42 Å². The van der Waals surface area contributed by atoms with Gasteiger partial charge in [-0.25, -0.2) is 4.98 Å². The number of hydrogen-bond acceptors (Lipinski definition) is 3. The van der Waals surface area contributed by atoms with Crippen molar-refractivity contribution >= 4 is 43.6 Å². The van der Waals surface area contributed by atoms with Crippen LogP contribution in [0.1, 0.15) is 54.3 Å². The lowest BCUT2D eigenvalue weighted by atomic mass is 9.82. The normalized spacial score (nSPS) is 12.2.